The first-order valence-corrected chi connectivity index (χ1v) is 14.8. The first-order valence-electron chi connectivity index (χ1n) is 11.8. The lowest BCUT2D eigenvalue weighted by Gasteiger charge is -2.19. The fraction of sp³-hybridized carbons (Fsp3) is 0.321. The predicted molar refractivity (Wildman–Crippen MR) is 161 cm³/mol. The van der Waals surface area contributed by atoms with Gasteiger partial charge in [0.1, 0.15) is 5.75 Å². The summed E-state index contributed by atoms with van der Waals surface area (Å²) in [4.78, 5) is 4.90. The third kappa shape index (κ3) is 6.90. The van der Waals surface area contributed by atoms with E-state index >= 15 is 0 Å². The van der Waals surface area contributed by atoms with Crippen LogP contribution >= 0.6 is 45.2 Å². The van der Waals surface area contributed by atoms with E-state index in [0.717, 1.165) is 31.1 Å². The number of alkyl halides is 5. The van der Waals surface area contributed by atoms with Crippen molar-refractivity contribution < 1.29 is 17.9 Å². The molecule has 0 aliphatic rings. The number of halogens is 5. The van der Waals surface area contributed by atoms with Gasteiger partial charge in [0, 0.05) is 21.1 Å². The van der Waals surface area contributed by atoms with Crippen LogP contribution in [0.25, 0.3) is 16.7 Å². The molecule has 1 heterocycles. The smallest absolute Gasteiger partial charge is 0.422 e. The molecule has 0 unspecified atom stereocenters. The summed E-state index contributed by atoms with van der Waals surface area (Å²) < 4.78 is 46.3. The van der Waals surface area contributed by atoms with Crippen molar-refractivity contribution >= 4 is 62.2 Å². The van der Waals surface area contributed by atoms with Gasteiger partial charge in [-0.1, -0.05) is 90.2 Å². The Morgan fingerprint density at radius 1 is 0.892 bits per heavy atom. The number of fused-ring (bicyclic) bond motifs is 1. The molecule has 4 nitrogen and oxygen atoms in total. The first kappa shape index (κ1) is 28.0. The van der Waals surface area contributed by atoms with Crippen molar-refractivity contribution in [2.45, 2.75) is 47.8 Å². The van der Waals surface area contributed by atoms with Crippen LogP contribution < -0.4 is 10.1 Å². The van der Waals surface area contributed by atoms with E-state index in [0.29, 0.717) is 12.5 Å². The van der Waals surface area contributed by atoms with E-state index in [-0.39, 0.29) is 11.2 Å². The van der Waals surface area contributed by atoms with Crippen LogP contribution in [0.3, 0.4) is 0 Å². The van der Waals surface area contributed by atoms with Crippen LogP contribution in [-0.4, -0.2) is 22.3 Å². The summed E-state index contributed by atoms with van der Waals surface area (Å²) in [5.74, 6) is 0.836. The Hall–Kier alpha value is -2.02. The molecule has 196 valence electrons. The molecular formula is C28H28F3I2N3O. The standard InChI is InChI=1S/C28H28F3I2N3O/c1-27(2,3)21-6-4-18(5-7-21)16-34-26-35-24-12-19(14-32)20(15-33)13-25(24)36(26)22-8-10-23(11-9-22)37-17-28(29,30)31/h4-13H,14-17H2,1-3H3,(H,34,35). The minimum absolute atomic E-state index is 0.0860. The molecule has 3 aromatic carbocycles. The van der Waals surface area contributed by atoms with Gasteiger partial charge in [0.15, 0.2) is 6.61 Å². The summed E-state index contributed by atoms with van der Waals surface area (Å²) in [5, 5.41) is 3.48. The Kier molecular flexibility index (Phi) is 8.61. The van der Waals surface area contributed by atoms with Gasteiger partial charge >= 0.3 is 6.18 Å². The Labute approximate surface area is 242 Å². The summed E-state index contributed by atoms with van der Waals surface area (Å²) >= 11 is 4.73. The number of imidazole rings is 1. The molecule has 0 aliphatic heterocycles. The summed E-state index contributed by atoms with van der Waals surface area (Å²) in [6.45, 7) is 5.83. The molecule has 0 bridgehead atoms. The SMILES string of the molecule is CC(C)(C)c1ccc(CNc2nc3cc(CI)c(CI)cc3n2-c2ccc(OCC(F)(F)F)cc2)cc1. The van der Waals surface area contributed by atoms with Crippen molar-refractivity contribution in [3.05, 3.63) is 82.9 Å². The zero-order chi connectivity index (χ0) is 26.8. The second-order valence-electron chi connectivity index (χ2n) is 9.85. The van der Waals surface area contributed by atoms with Crippen molar-refractivity contribution in [1.29, 1.82) is 0 Å². The molecule has 1 N–H and O–H groups in total. The highest BCUT2D eigenvalue weighted by Gasteiger charge is 2.28. The van der Waals surface area contributed by atoms with Crippen molar-refractivity contribution in [3.63, 3.8) is 0 Å². The Balaban J connectivity index is 1.69. The molecule has 37 heavy (non-hydrogen) atoms. The molecule has 4 rings (SSSR count). The fourth-order valence-electron chi connectivity index (χ4n) is 4.00. The van der Waals surface area contributed by atoms with Crippen LogP contribution in [0.1, 0.15) is 43.0 Å². The average Bonchev–Trinajstić information content (AvgIpc) is 3.22. The number of rotatable bonds is 8. The van der Waals surface area contributed by atoms with Gasteiger partial charge in [-0.15, -0.1) is 0 Å². The minimum atomic E-state index is -4.38. The van der Waals surface area contributed by atoms with E-state index in [4.69, 9.17) is 9.72 Å². The van der Waals surface area contributed by atoms with Crippen LogP contribution in [0.15, 0.2) is 60.7 Å². The lowest BCUT2D eigenvalue weighted by Crippen LogP contribution is -2.19. The molecule has 4 aromatic rings. The van der Waals surface area contributed by atoms with E-state index in [1.54, 1.807) is 24.3 Å². The van der Waals surface area contributed by atoms with Crippen LogP contribution in [0.2, 0.25) is 0 Å². The summed E-state index contributed by atoms with van der Waals surface area (Å²) in [6.07, 6.45) is -4.38. The van der Waals surface area contributed by atoms with Gasteiger partial charge < -0.3 is 10.1 Å². The maximum atomic E-state index is 12.6. The van der Waals surface area contributed by atoms with E-state index in [1.165, 1.54) is 16.7 Å². The molecule has 0 fully saturated rings. The number of nitrogens with one attached hydrogen (secondary N) is 1. The van der Waals surface area contributed by atoms with Crippen LogP contribution in [0, 0.1) is 0 Å². The van der Waals surface area contributed by atoms with Crippen LogP contribution in [0.4, 0.5) is 19.1 Å². The van der Waals surface area contributed by atoms with Gasteiger partial charge in [0.25, 0.3) is 0 Å². The maximum Gasteiger partial charge on any atom is 0.422 e. The Bertz CT molecular complexity index is 1360. The van der Waals surface area contributed by atoms with Crippen LogP contribution in [-0.2, 0) is 20.8 Å². The van der Waals surface area contributed by atoms with Crippen LogP contribution in [0.5, 0.6) is 5.75 Å². The molecule has 0 spiro atoms. The molecule has 0 atom stereocenters. The summed E-state index contributed by atoms with van der Waals surface area (Å²) in [6, 6.07) is 19.4. The second-order valence-corrected chi connectivity index (χ2v) is 11.4. The van der Waals surface area contributed by atoms with Gasteiger partial charge in [-0.05, 0) is 64.1 Å². The molecule has 9 heteroatoms. The number of hydrogen-bond donors (Lipinski definition) is 1. The van der Waals surface area contributed by atoms with E-state index in [1.807, 2.05) is 4.57 Å². The van der Waals surface area contributed by atoms with Crippen molar-refractivity contribution in [2.24, 2.45) is 0 Å². The van der Waals surface area contributed by atoms with Gasteiger partial charge in [0.2, 0.25) is 5.95 Å². The van der Waals surface area contributed by atoms with E-state index in [2.05, 4.69) is 108 Å². The zero-order valence-electron chi connectivity index (χ0n) is 20.8. The van der Waals surface area contributed by atoms with Crippen molar-refractivity contribution in [3.8, 4) is 11.4 Å². The number of aromatic nitrogens is 2. The summed E-state index contributed by atoms with van der Waals surface area (Å²) in [7, 11) is 0. The molecule has 0 saturated carbocycles. The number of anilines is 1. The largest absolute Gasteiger partial charge is 0.484 e. The third-order valence-corrected chi connectivity index (χ3v) is 7.68. The zero-order valence-corrected chi connectivity index (χ0v) is 25.1. The average molecular weight is 733 g/mol. The monoisotopic (exact) mass is 733 g/mol. The highest BCUT2D eigenvalue weighted by Crippen LogP contribution is 2.31. The Morgan fingerprint density at radius 2 is 1.51 bits per heavy atom. The number of nitrogens with zero attached hydrogens (tertiary/aromatic N) is 2. The molecule has 0 amide bonds. The lowest BCUT2D eigenvalue weighted by molar-refractivity contribution is -0.153. The molecular weight excluding hydrogens is 705 g/mol. The topological polar surface area (TPSA) is 39.1 Å². The van der Waals surface area contributed by atoms with Gasteiger partial charge in [-0.25, -0.2) is 4.98 Å². The molecule has 0 aliphatic carbocycles. The van der Waals surface area contributed by atoms with Gasteiger partial charge in [-0.3, -0.25) is 4.57 Å². The van der Waals surface area contributed by atoms with Crippen molar-refractivity contribution in [2.75, 3.05) is 11.9 Å². The van der Waals surface area contributed by atoms with Gasteiger partial charge in [0.05, 0.1) is 11.0 Å². The molecule has 0 saturated heterocycles. The maximum absolute atomic E-state index is 12.6. The fourth-order valence-corrected chi connectivity index (χ4v) is 5.42. The normalized spacial score (nSPS) is 12.2. The molecule has 0 radical (unpaired) electrons. The second kappa shape index (κ2) is 11.4. The number of ether oxygens (including phenoxy) is 1. The third-order valence-electron chi connectivity index (χ3n) is 6.03. The quantitative estimate of drug-likeness (QED) is 0.146. The van der Waals surface area contributed by atoms with E-state index in [9.17, 15) is 13.2 Å². The Morgan fingerprint density at radius 3 is 2.08 bits per heavy atom. The highest BCUT2D eigenvalue weighted by atomic mass is 127. The van der Waals surface area contributed by atoms with Gasteiger partial charge in [-0.2, -0.15) is 13.2 Å². The first-order chi connectivity index (χ1) is 17.5. The van der Waals surface area contributed by atoms with E-state index < -0.39 is 12.8 Å². The van der Waals surface area contributed by atoms with Crippen molar-refractivity contribution in [1.82, 2.24) is 9.55 Å². The molecule has 1 aromatic heterocycles. The lowest BCUT2D eigenvalue weighted by atomic mass is 9.87. The number of benzene rings is 3. The summed E-state index contributed by atoms with van der Waals surface area (Å²) in [5.41, 5.74) is 7.55. The number of hydrogen-bond acceptors (Lipinski definition) is 3. The highest BCUT2D eigenvalue weighted by molar-refractivity contribution is 14.1. The minimum Gasteiger partial charge on any atom is -0.484 e. The predicted octanol–water partition coefficient (Wildman–Crippen LogP) is 8.75.